The second-order valence-corrected chi connectivity index (χ2v) is 8.09. The monoisotopic (exact) mass is 468 g/mol. The van der Waals surface area contributed by atoms with Gasteiger partial charge in [-0.1, -0.05) is 67.3 Å². The van der Waals surface area contributed by atoms with Gasteiger partial charge < -0.3 is 9.47 Å². The number of halogens is 2. The summed E-state index contributed by atoms with van der Waals surface area (Å²) in [5.74, 6) is 0.315. The number of hydrogen-bond acceptors (Lipinski definition) is 4. The Morgan fingerprint density at radius 1 is 0.593 bits per heavy atom. The summed E-state index contributed by atoms with van der Waals surface area (Å²) in [5, 5.41) is 1.08. The predicted molar refractivity (Wildman–Crippen MR) is 116 cm³/mol. The predicted octanol–water partition coefficient (Wildman–Crippen LogP) is 6.56. The van der Waals surface area contributed by atoms with Crippen molar-refractivity contribution >= 4 is 39.5 Å². The van der Waals surface area contributed by atoms with Crippen LogP contribution in [0.2, 0.25) is 0 Å². The lowest BCUT2D eigenvalue weighted by atomic mass is 10.1. The van der Waals surface area contributed by atoms with E-state index in [1.165, 1.54) is 38.5 Å². The van der Waals surface area contributed by atoms with Gasteiger partial charge in [0.15, 0.2) is 0 Å². The summed E-state index contributed by atoms with van der Waals surface area (Å²) in [6.07, 6.45) is 14.7. The van der Waals surface area contributed by atoms with Crippen LogP contribution in [-0.2, 0) is 19.1 Å². The Kier molecular flexibility index (Phi) is 21.8. The first-order valence-electron chi connectivity index (χ1n) is 10.6. The first kappa shape index (κ1) is 26.7. The maximum atomic E-state index is 11.6. The molecular formula is C21H38BrClO4. The highest BCUT2D eigenvalue weighted by atomic mass is 79.9. The van der Waals surface area contributed by atoms with E-state index in [-0.39, 0.29) is 11.9 Å². The van der Waals surface area contributed by atoms with Crippen molar-refractivity contribution in [2.24, 2.45) is 0 Å². The molecule has 0 saturated heterocycles. The Bertz CT molecular complexity index is 321. The summed E-state index contributed by atoms with van der Waals surface area (Å²) >= 11 is 9.06. The normalized spacial score (nSPS) is 10.7. The highest BCUT2D eigenvalue weighted by molar-refractivity contribution is 9.09. The molecule has 0 aromatic carbocycles. The third-order valence-electron chi connectivity index (χ3n) is 4.34. The van der Waals surface area contributed by atoms with E-state index < -0.39 is 0 Å². The third-order valence-corrected chi connectivity index (χ3v) is 5.17. The fourth-order valence-corrected chi connectivity index (χ4v) is 3.29. The molecule has 0 aromatic rings. The molecule has 0 atom stereocenters. The van der Waals surface area contributed by atoms with Gasteiger partial charge in [0, 0.05) is 24.1 Å². The number of unbranched alkanes of at least 4 members (excludes halogenated alkanes) is 10. The molecule has 0 radical (unpaired) electrons. The van der Waals surface area contributed by atoms with E-state index in [2.05, 4.69) is 15.9 Å². The van der Waals surface area contributed by atoms with Crippen LogP contribution < -0.4 is 0 Å². The molecule has 0 unspecified atom stereocenters. The van der Waals surface area contributed by atoms with Crippen molar-refractivity contribution in [2.45, 2.75) is 96.3 Å². The number of alkyl halides is 2. The molecule has 0 bridgehead atoms. The zero-order valence-corrected chi connectivity index (χ0v) is 19.2. The Hall–Kier alpha value is -0.290. The molecule has 6 heteroatoms. The molecule has 160 valence electrons. The minimum atomic E-state index is -0.214. The molecule has 0 rings (SSSR count). The molecule has 0 aliphatic heterocycles. The molecule has 0 aliphatic rings. The highest BCUT2D eigenvalue weighted by Crippen LogP contribution is 2.08. The second kappa shape index (κ2) is 22.0. The summed E-state index contributed by atoms with van der Waals surface area (Å²) < 4.78 is 10.4. The molecular weight excluding hydrogens is 432 g/mol. The van der Waals surface area contributed by atoms with Crippen molar-refractivity contribution in [3.8, 4) is 0 Å². The van der Waals surface area contributed by atoms with E-state index in [1.807, 2.05) is 0 Å². The summed E-state index contributed by atoms with van der Waals surface area (Å²) in [6.45, 7) is 0.973. The maximum Gasteiger partial charge on any atom is 0.305 e. The molecule has 27 heavy (non-hydrogen) atoms. The van der Waals surface area contributed by atoms with Gasteiger partial charge in [0.25, 0.3) is 0 Å². The third kappa shape index (κ3) is 21.9. The van der Waals surface area contributed by atoms with Gasteiger partial charge in [-0.2, -0.15) is 0 Å². The summed E-state index contributed by atoms with van der Waals surface area (Å²) in [5.41, 5.74) is 0. The average molecular weight is 470 g/mol. The van der Waals surface area contributed by atoms with Crippen LogP contribution in [0.3, 0.4) is 0 Å². The van der Waals surface area contributed by atoms with Gasteiger partial charge in [0.2, 0.25) is 0 Å². The van der Waals surface area contributed by atoms with Crippen molar-refractivity contribution in [2.75, 3.05) is 24.4 Å². The van der Waals surface area contributed by atoms with Gasteiger partial charge >= 0.3 is 11.9 Å². The van der Waals surface area contributed by atoms with Crippen LogP contribution in [0, 0.1) is 0 Å². The van der Waals surface area contributed by atoms with Gasteiger partial charge in [0.1, 0.15) is 0 Å². The van der Waals surface area contributed by atoms with Gasteiger partial charge in [-0.3, -0.25) is 9.59 Å². The van der Waals surface area contributed by atoms with Crippen LogP contribution in [0.1, 0.15) is 96.3 Å². The lowest BCUT2D eigenvalue weighted by Gasteiger charge is -2.06. The SMILES string of the molecule is O=C(CCCC(=O)OCCCCCCCCBr)OCCCCCCCCCl. The molecule has 0 saturated carbocycles. The minimum absolute atomic E-state index is 0.209. The zero-order valence-electron chi connectivity index (χ0n) is 16.8. The zero-order chi connectivity index (χ0) is 20.0. The van der Waals surface area contributed by atoms with Crippen LogP contribution in [0.4, 0.5) is 0 Å². The summed E-state index contributed by atoms with van der Waals surface area (Å²) in [7, 11) is 0. The summed E-state index contributed by atoms with van der Waals surface area (Å²) in [6, 6.07) is 0. The Labute approximate surface area is 179 Å². The molecule has 0 heterocycles. The van der Waals surface area contributed by atoms with Crippen LogP contribution in [0.5, 0.6) is 0 Å². The van der Waals surface area contributed by atoms with E-state index in [1.54, 1.807) is 0 Å². The van der Waals surface area contributed by atoms with Crippen LogP contribution in [-0.4, -0.2) is 36.4 Å². The molecule has 0 aliphatic carbocycles. The fourth-order valence-electron chi connectivity index (χ4n) is 2.70. The highest BCUT2D eigenvalue weighted by Gasteiger charge is 2.07. The lowest BCUT2D eigenvalue weighted by Crippen LogP contribution is -2.09. The molecule has 0 spiro atoms. The number of ether oxygens (including phenoxy) is 2. The average Bonchev–Trinajstić information content (AvgIpc) is 2.66. The topological polar surface area (TPSA) is 52.6 Å². The van der Waals surface area contributed by atoms with Gasteiger partial charge in [-0.05, 0) is 32.1 Å². The van der Waals surface area contributed by atoms with Crippen molar-refractivity contribution < 1.29 is 19.1 Å². The minimum Gasteiger partial charge on any atom is -0.466 e. The smallest absolute Gasteiger partial charge is 0.305 e. The van der Waals surface area contributed by atoms with E-state index >= 15 is 0 Å². The van der Waals surface area contributed by atoms with Crippen LogP contribution >= 0.6 is 27.5 Å². The quantitative estimate of drug-likeness (QED) is 0.115. The molecule has 0 aromatic heterocycles. The van der Waals surface area contributed by atoms with Crippen LogP contribution in [0.15, 0.2) is 0 Å². The molecule has 4 nitrogen and oxygen atoms in total. The second-order valence-electron chi connectivity index (χ2n) is 6.92. The molecule has 0 fully saturated rings. The Morgan fingerprint density at radius 2 is 1.00 bits per heavy atom. The van der Waals surface area contributed by atoms with Crippen molar-refractivity contribution in [3.63, 3.8) is 0 Å². The largest absolute Gasteiger partial charge is 0.466 e. The lowest BCUT2D eigenvalue weighted by molar-refractivity contribution is -0.145. The van der Waals surface area contributed by atoms with Crippen molar-refractivity contribution in [3.05, 3.63) is 0 Å². The van der Waals surface area contributed by atoms with Gasteiger partial charge in [-0.25, -0.2) is 0 Å². The molecule has 0 amide bonds. The van der Waals surface area contributed by atoms with E-state index in [0.29, 0.717) is 32.5 Å². The fraction of sp³-hybridized carbons (Fsp3) is 0.905. The number of carbonyl (C=O) groups excluding carboxylic acids is 2. The standard InChI is InChI=1S/C21H38BrClO4/c22-16-9-5-1-3-7-11-18-26-20(24)14-13-15-21(25)27-19-12-8-4-2-6-10-17-23/h1-19H2. The van der Waals surface area contributed by atoms with E-state index in [9.17, 15) is 9.59 Å². The number of rotatable bonds is 20. The molecule has 0 N–H and O–H groups in total. The van der Waals surface area contributed by atoms with Gasteiger partial charge in [0.05, 0.1) is 13.2 Å². The van der Waals surface area contributed by atoms with E-state index in [4.69, 9.17) is 21.1 Å². The maximum absolute atomic E-state index is 11.6. The van der Waals surface area contributed by atoms with Crippen molar-refractivity contribution in [1.29, 1.82) is 0 Å². The summed E-state index contributed by atoms with van der Waals surface area (Å²) in [4.78, 5) is 23.2. The number of hydrogen-bond donors (Lipinski definition) is 0. The Balaban J connectivity index is 3.31. The number of esters is 2. The Morgan fingerprint density at radius 3 is 1.44 bits per heavy atom. The van der Waals surface area contributed by atoms with Gasteiger partial charge in [-0.15, -0.1) is 11.6 Å². The first-order chi connectivity index (χ1) is 13.2. The first-order valence-corrected chi connectivity index (χ1v) is 12.3. The van der Waals surface area contributed by atoms with E-state index in [0.717, 1.165) is 49.7 Å². The van der Waals surface area contributed by atoms with Crippen LogP contribution in [0.25, 0.3) is 0 Å². The van der Waals surface area contributed by atoms with Crippen molar-refractivity contribution in [1.82, 2.24) is 0 Å². The number of carbonyl (C=O) groups is 2.